The van der Waals surface area contributed by atoms with Crippen LogP contribution in [0.2, 0.25) is 0 Å². The van der Waals surface area contributed by atoms with E-state index in [2.05, 4.69) is 31.9 Å². The van der Waals surface area contributed by atoms with Gasteiger partial charge in [-0.05, 0) is 17.5 Å². The number of β-lactam (4-membered cyclic amide) rings is 1. The predicted molar refractivity (Wildman–Crippen MR) is 131 cm³/mol. The van der Waals surface area contributed by atoms with Crippen molar-refractivity contribution in [2.45, 2.75) is 11.4 Å². The number of aliphatic carboxylic acids is 1. The fourth-order valence-corrected chi connectivity index (χ4v) is 6.27. The molecule has 184 valence electrons. The monoisotopic (exact) mass is 537 g/mol. The highest BCUT2D eigenvalue weighted by atomic mass is 32.2. The van der Waals surface area contributed by atoms with Crippen molar-refractivity contribution in [3.05, 3.63) is 22.3 Å². The zero-order chi connectivity index (χ0) is 25.1. The third-order valence-corrected chi connectivity index (χ3v) is 7.88. The smallest absolute Gasteiger partial charge is 0.352 e. The van der Waals surface area contributed by atoms with Crippen LogP contribution < -0.4 is 16.5 Å². The number of anilines is 1. The molecule has 35 heavy (non-hydrogen) atoms. The molecule has 1 unspecified atom stereocenters. The number of rotatable bonds is 9. The number of carboxylic acids is 1. The van der Waals surface area contributed by atoms with Crippen LogP contribution in [-0.2, 0) is 19.2 Å². The quantitative estimate of drug-likeness (QED) is 0.100. The molecule has 0 aliphatic carbocycles. The maximum atomic E-state index is 12.9. The predicted octanol–water partition coefficient (Wildman–Crippen LogP) is -0.924. The molecule has 2 amide bonds. The highest BCUT2D eigenvalue weighted by molar-refractivity contribution is 8.00. The van der Waals surface area contributed by atoms with E-state index >= 15 is 0 Å². The number of oxime groups is 1. The lowest BCUT2D eigenvalue weighted by molar-refractivity contribution is -0.150. The van der Waals surface area contributed by atoms with Gasteiger partial charge in [0.05, 0.1) is 0 Å². The minimum absolute atomic E-state index is 0.102. The van der Waals surface area contributed by atoms with Gasteiger partial charge in [0.15, 0.2) is 10.8 Å². The molecule has 0 bridgehead atoms. The lowest BCUT2D eigenvalue weighted by Crippen LogP contribution is -2.71. The number of nitrogen functional groups attached to an aromatic ring is 1. The summed E-state index contributed by atoms with van der Waals surface area (Å²) in [7, 11) is 1.27. The zero-order valence-electron chi connectivity index (χ0n) is 18.1. The molecule has 0 spiro atoms. The normalized spacial score (nSPS) is 21.8. The van der Waals surface area contributed by atoms with Crippen LogP contribution in [0.15, 0.2) is 26.9 Å². The van der Waals surface area contributed by atoms with Crippen molar-refractivity contribution in [3.8, 4) is 12.3 Å². The van der Waals surface area contributed by atoms with Crippen LogP contribution in [-0.4, -0.2) is 91.0 Å². The number of amides is 2. The standard InChI is InChI=1S/C18H19N9O5S3/c1-3-4-25-20-8-21-27(25)35-6-9-5-33-16-12(15(29)26(16)13(9)17(30)31)23-14(28)11(24-32-2)10-7-34-18(19)22-10/h1,7-8,12,16H,4-6H2,2H3,(H2,19,22)(H,20,21)(H,23,28)(H,30,31)/t12?,16-/m1/s1. The molecule has 1 aromatic rings. The molecule has 2 atom stereocenters. The van der Waals surface area contributed by atoms with Crippen molar-refractivity contribution in [2.24, 2.45) is 10.3 Å². The summed E-state index contributed by atoms with van der Waals surface area (Å²) in [6.07, 6.45) is 6.79. The number of nitrogens with two attached hydrogens (primary N) is 1. The molecule has 17 heteroatoms. The Morgan fingerprint density at radius 2 is 2.34 bits per heavy atom. The summed E-state index contributed by atoms with van der Waals surface area (Å²) in [5.74, 6) is 0.631. The van der Waals surface area contributed by atoms with Gasteiger partial charge in [-0.2, -0.15) is 0 Å². The van der Waals surface area contributed by atoms with Crippen molar-refractivity contribution in [3.63, 3.8) is 0 Å². The molecule has 14 nitrogen and oxygen atoms in total. The number of fused-ring (bicyclic) bond motifs is 1. The van der Waals surface area contributed by atoms with Crippen LogP contribution in [0.25, 0.3) is 0 Å². The lowest BCUT2D eigenvalue weighted by atomic mass is 10.0. The average Bonchev–Trinajstić information content (AvgIpc) is 3.47. The van der Waals surface area contributed by atoms with Gasteiger partial charge in [0.2, 0.25) is 0 Å². The zero-order valence-corrected chi connectivity index (χ0v) is 20.5. The lowest BCUT2D eigenvalue weighted by Gasteiger charge is -2.49. The van der Waals surface area contributed by atoms with Crippen molar-refractivity contribution >= 4 is 70.0 Å². The number of hydrazone groups is 1. The SMILES string of the molecule is C#CCN1NC=NN1SCC1=C(C(=O)O)N2C(=O)C(NC(=O)C(=NOC)c3csc(N)n3)[C@H]2SC1. The van der Waals surface area contributed by atoms with Crippen molar-refractivity contribution in [1.82, 2.24) is 30.3 Å². The average molecular weight is 538 g/mol. The first-order valence-electron chi connectivity index (χ1n) is 9.81. The number of carbonyl (C=O) groups is 3. The Hall–Kier alpha value is -3.46. The van der Waals surface area contributed by atoms with E-state index in [1.165, 1.54) is 52.0 Å². The number of nitrogens with zero attached hydrogens (tertiary/aromatic N) is 6. The largest absolute Gasteiger partial charge is 0.477 e. The van der Waals surface area contributed by atoms with Gasteiger partial charge in [0.1, 0.15) is 42.8 Å². The second kappa shape index (κ2) is 10.4. The Morgan fingerprint density at radius 1 is 1.54 bits per heavy atom. The van der Waals surface area contributed by atoms with E-state index in [0.717, 1.165) is 11.3 Å². The summed E-state index contributed by atoms with van der Waals surface area (Å²) in [4.78, 5) is 47.8. The first-order valence-corrected chi connectivity index (χ1v) is 12.7. The second-order valence-electron chi connectivity index (χ2n) is 6.97. The van der Waals surface area contributed by atoms with Crippen LogP contribution in [0.1, 0.15) is 5.69 Å². The number of thioether (sulfide) groups is 1. The third kappa shape index (κ3) is 4.86. The van der Waals surface area contributed by atoms with E-state index in [9.17, 15) is 19.5 Å². The van der Waals surface area contributed by atoms with Gasteiger partial charge < -0.3 is 21.0 Å². The Balaban J connectivity index is 1.46. The van der Waals surface area contributed by atoms with Crippen LogP contribution in [0.4, 0.5) is 5.13 Å². The first kappa shape index (κ1) is 24.7. The third-order valence-electron chi connectivity index (χ3n) is 4.86. The highest BCUT2D eigenvalue weighted by Crippen LogP contribution is 2.41. The molecule has 0 radical (unpaired) electrons. The highest BCUT2D eigenvalue weighted by Gasteiger charge is 2.54. The van der Waals surface area contributed by atoms with Crippen LogP contribution in [0.3, 0.4) is 0 Å². The van der Waals surface area contributed by atoms with E-state index in [4.69, 9.17) is 17.0 Å². The molecule has 1 fully saturated rings. The van der Waals surface area contributed by atoms with E-state index in [1.54, 1.807) is 5.12 Å². The number of hydrazine groups is 2. The maximum absolute atomic E-state index is 12.9. The van der Waals surface area contributed by atoms with Gasteiger partial charge in [0.25, 0.3) is 11.8 Å². The van der Waals surface area contributed by atoms with Gasteiger partial charge in [-0.15, -0.1) is 39.1 Å². The number of terminal acetylenes is 1. The minimum Gasteiger partial charge on any atom is -0.477 e. The molecule has 1 aromatic heterocycles. The molecule has 5 N–H and O–H groups in total. The van der Waals surface area contributed by atoms with Crippen molar-refractivity contribution in [1.29, 1.82) is 0 Å². The van der Waals surface area contributed by atoms with Crippen LogP contribution >= 0.6 is 35.0 Å². The van der Waals surface area contributed by atoms with Gasteiger partial charge in [0, 0.05) is 16.9 Å². The van der Waals surface area contributed by atoms with Crippen LogP contribution in [0, 0.1) is 12.3 Å². The molecule has 0 saturated carbocycles. The van der Waals surface area contributed by atoms with E-state index in [0.29, 0.717) is 11.3 Å². The molecule has 4 heterocycles. The topological polar surface area (TPSA) is 178 Å². The van der Waals surface area contributed by atoms with Gasteiger partial charge >= 0.3 is 5.97 Å². The van der Waals surface area contributed by atoms with Gasteiger partial charge in [-0.3, -0.25) is 19.9 Å². The summed E-state index contributed by atoms with van der Waals surface area (Å²) in [6.45, 7) is 0.252. The minimum atomic E-state index is -1.23. The summed E-state index contributed by atoms with van der Waals surface area (Å²) in [6, 6.07) is -0.937. The molecule has 3 aliphatic heterocycles. The molecule has 3 aliphatic rings. The van der Waals surface area contributed by atoms with E-state index in [-0.39, 0.29) is 34.5 Å². The Morgan fingerprint density at radius 3 is 3.00 bits per heavy atom. The molecular weight excluding hydrogens is 518 g/mol. The Kier molecular flexibility index (Phi) is 7.35. The Labute approximate surface area is 211 Å². The Bertz CT molecular complexity index is 1180. The summed E-state index contributed by atoms with van der Waals surface area (Å²) in [5.41, 5.74) is 8.99. The second-order valence-corrected chi connectivity index (χ2v) is 9.84. The molecule has 4 rings (SSSR count). The number of hydrogen-bond acceptors (Lipinski definition) is 14. The summed E-state index contributed by atoms with van der Waals surface area (Å²) in [5, 5.41) is 23.0. The molecule has 1 saturated heterocycles. The molecule has 0 aromatic carbocycles. The summed E-state index contributed by atoms with van der Waals surface area (Å²) >= 11 is 3.69. The number of thiazole rings is 1. The fraction of sp³-hybridized carbons (Fsp3) is 0.333. The van der Waals surface area contributed by atoms with Gasteiger partial charge in [-0.25, -0.2) is 9.78 Å². The fourth-order valence-electron chi connectivity index (χ4n) is 3.38. The number of carbonyl (C=O) groups excluding carboxylic acids is 2. The number of hydrogen-bond donors (Lipinski definition) is 4. The number of carboxylic acid groups (broad SMARTS) is 1. The maximum Gasteiger partial charge on any atom is 0.352 e. The van der Waals surface area contributed by atoms with Gasteiger partial charge in [-0.1, -0.05) is 16.2 Å². The van der Waals surface area contributed by atoms with Crippen molar-refractivity contribution < 1.29 is 24.3 Å². The van der Waals surface area contributed by atoms with Crippen molar-refractivity contribution in [2.75, 3.05) is 30.9 Å². The van der Waals surface area contributed by atoms with E-state index < -0.39 is 29.2 Å². The van der Waals surface area contributed by atoms with E-state index in [1.807, 2.05) is 0 Å². The number of aromatic nitrogens is 1. The first-order chi connectivity index (χ1) is 16.8. The number of nitrogens with one attached hydrogen (secondary N) is 2. The van der Waals surface area contributed by atoms with Crippen LogP contribution in [0.5, 0.6) is 0 Å². The molecular formula is C18H19N9O5S3. The summed E-state index contributed by atoms with van der Waals surface area (Å²) < 4.78 is 1.51.